The van der Waals surface area contributed by atoms with E-state index in [4.69, 9.17) is 32.5 Å². The molecule has 0 bridgehead atoms. The topological polar surface area (TPSA) is 96.3 Å². The van der Waals surface area contributed by atoms with Gasteiger partial charge in [0.05, 0.1) is 10.9 Å². The summed E-state index contributed by atoms with van der Waals surface area (Å²) in [5, 5.41) is 1.31. The van der Waals surface area contributed by atoms with Crippen molar-refractivity contribution in [1.29, 1.82) is 0 Å². The van der Waals surface area contributed by atoms with E-state index in [1.54, 1.807) is 7.11 Å². The van der Waals surface area contributed by atoms with Crippen molar-refractivity contribution in [2.24, 2.45) is 0 Å². The monoisotopic (exact) mass is 344 g/mol. The Morgan fingerprint density at radius 3 is 2.54 bits per heavy atom. The minimum Gasteiger partial charge on any atom is -0.490 e. The first-order chi connectivity index (χ1) is 11.6. The van der Waals surface area contributed by atoms with Crippen LogP contribution in [0.1, 0.15) is 11.7 Å². The summed E-state index contributed by atoms with van der Waals surface area (Å²) in [6, 6.07) is 12.9. The lowest BCUT2D eigenvalue weighted by molar-refractivity contribution is 0.0581. The number of nitrogens with two attached hydrogens (primary N) is 2. The molecule has 3 aromatic rings. The molecule has 4 N–H and O–H groups in total. The molecule has 3 rings (SSSR count). The van der Waals surface area contributed by atoms with Crippen LogP contribution < -0.4 is 16.2 Å². The maximum absolute atomic E-state index is 5.97. The molecule has 2 aromatic carbocycles. The van der Waals surface area contributed by atoms with Crippen LogP contribution in [-0.4, -0.2) is 23.7 Å². The van der Waals surface area contributed by atoms with E-state index in [-0.39, 0.29) is 17.9 Å². The number of fused-ring (bicyclic) bond motifs is 1. The lowest BCUT2D eigenvalue weighted by atomic mass is 10.1. The van der Waals surface area contributed by atoms with Crippen LogP contribution in [0.4, 0.5) is 11.8 Å². The van der Waals surface area contributed by atoms with Crippen LogP contribution in [0, 0.1) is 0 Å². The maximum Gasteiger partial charge on any atom is 0.222 e. The first-order valence-corrected chi connectivity index (χ1v) is 7.69. The first-order valence-electron chi connectivity index (χ1n) is 7.31. The smallest absolute Gasteiger partial charge is 0.222 e. The predicted octanol–water partition coefficient (Wildman–Crippen LogP) is 3.21. The Kier molecular flexibility index (Phi) is 4.69. The van der Waals surface area contributed by atoms with Gasteiger partial charge >= 0.3 is 0 Å². The van der Waals surface area contributed by atoms with Crippen molar-refractivity contribution < 1.29 is 9.47 Å². The molecule has 1 unspecified atom stereocenters. The van der Waals surface area contributed by atoms with Gasteiger partial charge in [0.2, 0.25) is 5.95 Å². The van der Waals surface area contributed by atoms with E-state index >= 15 is 0 Å². The molecule has 0 saturated heterocycles. The number of benzene rings is 2. The van der Waals surface area contributed by atoms with Crippen LogP contribution in [0.5, 0.6) is 5.75 Å². The molecular weight excluding hydrogens is 328 g/mol. The van der Waals surface area contributed by atoms with Gasteiger partial charge in [0.25, 0.3) is 0 Å². The van der Waals surface area contributed by atoms with E-state index in [0.29, 0.717) is 28.3 Å². The molecule has 6 nitrogen and oxygen atoms in total. The van der Waals surface area contributed by atoms with Crippen molar-refractivity contribution >= 4 is 34.3 Å². The van der Waals surface area contributed by atoms with E-state index in [2.05, 4.69) is 9.97 Å². The van der Waals surface area contributed by atoms with Gasteiger partial charge in [0, 0.05) is 12.1 Å². The third-order valence-electron chi connectivity index (χ3n) is 3.65. The molecule has 0 saturated carbocycles. The lowest BCUT2D eigenvalue weighted by Gasteiger charge is -2.18. The quantitative estimate of drug-likeness (QED) is 0.737. The summed E-state index contributed by atoms with van der Waals surface area (Å²) in [7, 11) is 1.63. The Labute approximate surface area is 144 Å². The number of nitrogens with zero attached hydrogens (tertiary/aromatic N) is 2. The van der Waals surface area contributed by atoms with Crippen LogP contribution in [0.2, 0.25) is 5.02 Å². The molecule has 1 aromatic heterocycles. The number of anilines is 2. The highest BCUT2D eigenvalue weighted by Gasteiger charge is 2.14. The number of halogens is 1. The summed E-state index contributed by atoms with van der Waals surface area (Å²) in [4.78, 5) is 8.17. The number of aromatic nitrogens is 2. The highest BCUT2D eigenvalue weighted by Crippen LogP contribution is 2.30. The molecule has 0 aliphatic rings. The largest absolute Gasteiger partial charge is 0.490 e. The second kappa shape index (κ2) is 6.90. The zero-order valence-electron chi connectivity index (χ0n) is 13.1. The maximum atomic E-state index is 5.97. The highest BCUT2D eigenvalue weighted by molar-refractivity contribution is 6.30. The van der Waals surface area contributed by atoms with Crippen molar-refractivity contribution in [3.8, 4) is 5.75 Å². The second-order valence-corrected chi connectivity index (χ2v) is 5.64. The van der Waals surface area contributed by atoms with E-state index in [0.717, 1.165) is 5.56 Å². The number of methoxy groups -OCH3 is 1. The van der Waals surface area contributed by atoms with Gasteiger partial charge in [-0.2, -0.15) is 4.98 Å². The Balaban J connectivity index is 1.85. The van der Waals surface area contributed by atoms with Crippen molar-refractivity contribution in [2.75, 3.05) is 25.2 Å². The zero-order valence-corrected chi connectivity index (χ0v) is 13.8. The second-order valence-electron chi connectivity index (χ2n) is 5.20. The minimum absolute atomic E-state index is 0.132. The predicted molar refractivity (Wildman–Crippen MR) is 95.1 cm³/mol. The molecule has 0 spiro atoms. The van der Waals surface area contributed by atoms with Crippen LogP contribution in [0.3, 0.4) is 0 Å². The fourth-order valence-electron chi connectivity index (χ4n) is 2.46. The molecule has 0 radical (unpaired) electrons. The molecule has 0 aliphatic carbocycles. The average molecular weight is 345 g/mol. The Bertz CT molecular complexity index is 855. The molecule has 7 heteroatoms. The third-order valence-corrected chi connectivity index (χ3v) is 3.90. The fraction of sp³-hybridized carbons (Fsp3) is 0.176. The first kappa shape index (κ1) is 16.3. The van der Waals surface area contributed by atoms with E-state index < -0.39 is 0 Å². The van der Waals surface area contributed by atoms with E-state index in [1.807, 2.05) is 42.5 Å². The lowest BCUT2D eigenvalue weighted by Crippen LogP contribution is -2.13. The molecule has 0 aliphatic heterocycles. The summed E-state index contributed by atoms with van der Waals surface area (Å²) in [6.45, 7) is 0.307. The Morgan fingerprint density at radius 1 is 1.08 bits per heavy atom. The summed E-state index contributed by atoms with van der Waals surface area (Å²) in [5.41, 5.74) is 13.2. The minimum atomic E-state index is -0.242. The summed E-state index contributed by atoms with van der Waals surface area (Å²) >= 11 is 5.92. The number of hydrogen-bond acceptors (Lipinski definition) is 6. The standard InChI is InChI=1S/C17H17ClN4O2/c1-23-14(10-5-7-11(18)8-6-10)9-24-13-4-2-3-12-15(13)16(19)22-17(20)21-12/h2-8,14H,9H2,1H3,(H4,19,20,21,22). The fourth-order valence-corrected chi connectivity index (χ4v) is 2.59. The molecule has 1 atom stereocenters. The molecule has 24 heavy (non-hydrogen) atoms. The van der Waals surface area contributed by atoms with Gasteiger partial charge in [-0.05, 0) is 29.8 Å². The molecule has 1 heterocycles. The van der Waals surface area contributed by atoms with Gasteiger partial charge in [0.15, 0.2) is 0 Å². The van der Waals surface area contributed by atoms with Crippen LogP contribution in [-0.2, 0) is 4.74 Å². The van der Waals surface area contributed by atoms with Gasteiger partial charge in [-0.3, -0.25) is 0 Å². The summed E-state index contributed by atoms with van der Waals surface area (Å²) < 4.78 is 11.4. The molecule has 0 amide bonds. The number of nitrogen functional groups attached to an aromatic ring is 2. The highest BCUT2D eigenvalue weighted by atomic mass is 35.5. The van der Waals surface area contributed by atoms with Gasteiger partial charge in [-0.25, -0.2) is 4.98 Å². The third kappa shape index (κ3) is 3.34. The van der Waals surface area contributed by atoms with Crippen LogP contribution in [0.25, 0.3) is 10.9 Å². The molecule has 0 fully saturated rings. The van der Waals surface area contributed by atoms with Gasteiger partial charge in [-0.1, -0.05) is 29.8 Å². The van der Waals surface area contributed by atoms with Crippen molar-refractivity contribution in [3.05, 3.63) is 53.1 Å². The number of rotatable bonds is 5. The number of ether oxygens (including phenoxy) is 2. The van der Waals surface area contributed by atoms with E-state index in [9.17, 15) is 0 Å². The van der Waals surface area contributed by atoms with Crippen molar-refractivity contribution in [2.45, 2.75) is 6.10 Å². The summed E-state index contributed by atoms with van der Waals surface area (Å²) in [6.07, 6.45) is -0.242. The Hall–Kier alpha value is -2.57. The van der Waals surface area contributed by atoms with Gasteiger partial charge in [-0.15, -0.1) is 0 Å². The van der Waals surface area contributed by atoms with Crippen LogP contribution >= 0.6 is 11.6 Å². The Morgan fingerprint density at radius 2 is 1.83 bits per heavy atom. The zero-order chi connectivity index (χ0) is 17.1. The average Bonchev–Trinajstić information content (AvgIpc) is 2.56. The summed E-state index contributed by atoms with van der Waals surface area (Å²) in [5.74, 6) is 1.00. The van der Waals surface area contributed by atoms with Gasteiger partial charge in [0.1, 0.15) is 24.3 Å². The van der Waals surface area contributed by atoms with E-state index in [1.165, 1.54) is 0 Å². The van der Waals surface area contributed by atoms with Crippen LogP contribution in [0.15, 0.2) is 42.5 Å². The normalized spacial score (nSPS) is 12.2. The van der Waals surface area contributed by atoms with Crippen molar-refractivity contribution in [3.63, 3.8) is 0 Å². The molecular formula is C17H17ClN4O2. The SMILES string of the molecule is COC(COc1cccc2nc(N)nc(N)c12)c1ccc(Cl)cc1. The van der Waals surface area contributed by atoms with Gasteiger partial charge < -0.3 is 20.9 Å². The van der Waals surface area contributed by atoms with Crippen molar-refractivity contribution in [1.82, 2.24) is 9.97 Å². The number of hydrogen-bond donors (Lipinski definition) is 2. The molecule has 124 valence electrons.